The Morgan fingerprint density at radius 2 is 1.58 bits per heavy atom. The molecule has 11 heteroatoms. The molecular formula is C37H51N5O6. The second-order valence-electron chi connectivity index (χ2n) is 12.7. The van der Waals surface area contributed by atoms with Crippen molar-refractivity contribution < 1.29 is 28.6 Å². The van der Waals surface area contributed by atoms with Crippen LogP contribution in [-0.2, 0) is 41.7 Å². The molecule has 1 aliphatic rings. The van der Waals surface area contributed by atoms with Crippen molar-refractivity contribution in [2.24, 2.45) is 5.92 Å². The van der Waals surface area contributed by atoms with Crippen molar-refractivity contribution >= 4 is 23.3 Å². The molecule has 0 fully saturated rings. The molecule has 4 rings (SSSR count). The number of ketones is 1. The van der Waals surface area contributed by atoms with Crippen LogP contribution in [0, 0.1) is 5.92 Å². The van der Waals surface area contributed by atoms with Gasteiger partial charge in [-0.15, -0.1) is 5.10 Å². The maximum atomic E-state index is 13.7. The number of carbonyl (C=O) groups is 3. The maximum Gasteiger partial charge on any atom is 0.227 e. The van der Waals surface area contributed by atoms with Crippen LogP contribution in [-0.4, -0.2) is 78.3 Å². The Bertz CT molecular complexity index is 1490. The average molecular weight is 662 g/mol. The zero-order valence-electron chi connectivity index (χ0n) is 28.9. The fourth-order valence-corrected chi connectivity index (χ4v) is 5.52. The van der Waals surface area contributed by atoms with Crippen molar-refractivity contribution in [2.75, 3.05) is 44.5 Å². The van der Waals surface area contributed by atoms with E-state index in [0.717, 1.165) is 40.9 Å². The van der Waals surface area contributed by atoms with Gasteiger partial charge < -0.3 is 24.4 Å². The smallest absolute Gasteiger partial charge is 0.227 e. The molecule has 260 valence electrons. The Morgan fingerprint density at radius 3 is 2.38 bits per heavy atom. The van der Waals surface area contributed by atoms with Crippen LogP contribution < -0.4 is 10.2 Å². The van der Waals surface area contributed by atoms with Crippen LogP contribution in [0.1, 0.15) is 71.8 Å². The number of hydrogen-bond donors (Lipinski definition) is 1. The lowest BCUT2D eigenvalue weighted by Crippen LogP contribution is -2.34. The number of amides is 2. The Hall–Kier alpha value is -3.93. The minimum atomic E-state index is -0.220. The molecule has 0 bridgehead atoms. The number of nitrogens with one attached hydrogen (secondary N) is 1. The SMILES string of the molecule is CC(C)CCC(=O)CCOCCNC(=O)CCC(=O)N1Cc2ccccc2-c2c(nnn2CCCOCCOC(C)C)-c2ccccc21. The van der Waals surface area contributed by atoms with Crippen LogP contribution in [0.3, 0.4) is 0 Å². The third kappa shape index (κ3) is 11.1. The van der Waals surface area contributed by atoms with E-state index in [2.05, 4.69) is 29.5 Å². The quantitative estimate of drug-likeness (QED) is 0.155. The summed E-state index contributed by atoms with van der Waals surface area (Å²) in [7, 11) is 0. The van der Waals surface area contributed by atoms with E-state index in [1.54, 1.807) is 4.90 Å². The molecule has 0 spiro atoms. The number of Topliss-reactive ketones (excluding diaryl/α,β-unsaturated/α-hetero) is 1. The van der Waals surface area contributed by atoms with Gasteiger partial charge in [0.2, 0.25) is 11.8 Å². The lowest BCUT2D eigenvalue weighted by Gasteiger charge is -2.28. The monoisotopic (exact) mass is 661 g/mol. The first-order valence-electron chi connectivity index (χ1n) is 17.2. The largest absolute Gasteiger partial charge is 0.379 e. The van der Waals surface area contributed by atoms with Gasteiger partial charge in [-0.3, -0.25) is 14.4 Å². The van der Waals surface area contributed by atoms with Crippen LogP contribution in [0.25, 0.3) is 22.5 Å². The van der Waals surface area contributed by atoms with Crippen molar-refractivity contribution in [3.63, 3.8) is 0 Å². The van der Waals surface area contributed by atoms with E-state index < -0.39 is 0 Å². The number of aryl methyl sites for hydroxylation is 1. The number of ether oxygens (including phenoxy) is 3. The fourth-order valence-electron chi connectivity index (χ4n) is 5.52. The first kappa shape index (κ1) is 36.9. The Kier molecular flexibility index (Phi) is 14.7. The molecule has 0 atom stereocenters. The van der Waals surface area contributed by atoms with Gasteiger partial charge in [0.25, 0.3) is 0 Å². The number of para-hydroxylation sites is 1. The molecule has 0 unspecified atom stereocenters. The summed E-state index contributed by atoms with van der Waals surface area (Å²) in [6, 6.07) is 15.7. The van der Waals surface area contributed by atoms with Crippen molar-refractivity contribution in [3.05, 3.63) is 54.1 Å². The predicted molar refractivity (Wildman–Crippen MR) is 185 cm³/mol. The van der Waals surface area contributed by atoms with Gasteiger partial charge >= 0.3 is 0 Å². The third-order valence-electron chi connectivity index (χ3n) is 8.08. The molecule has 2 amide bonds. The zero-order valence-corrected chi connectivity index (χ0v) is 28.9. The van der Waals surface area contributed by atoms with E-state index in [4.69, 9.17) is 14.2 Å². The number of benzene rings is 2. The summed E-state index contributed by atoms with van der Waals surface area (Å²) in [5, 5.41) is 12.0. The molecule has 3 aromatic rings. The molecule has 1 aromatic heterocycles. The van der Waals surface area contributed by atoms with Crippen molar-refractivity contribution in [1.82, 2.24) is 20.3 Å². The minimum Gasteiger partial charge on any atom is -0.379 e. The third-order valence-corrected chi connectivity index (χ3v) is 8.08. The number of aromatic nitrogens is 3. The van der Waals surface area contributed by atoms with E-state index in [9.17, 15) is 14.4 Å². The van der Waals surface area contributed by atoms with Gasteiger partial charge in [-0.1, -0.05) is 61.5 Å². The number of rotatable bonds is 20. The van der Waals surface area contributed by atoms with Gasteiger partial charge in [0.05, 0.1) is 50.5 Å². The summed E-state index contributed by atoms with van der Waals surface area (Å²) in [5.41, 5.74) is 5.10. The highest BCUT2D eigenvalue weighted by atomic mass is 16.5. The van der Waals surface area contributed by atoms with Crippen LogP contribution in [0.5, 0.6) is 0 Å². The van der Waals surface area contributed by atoms with E-state index in [1.165, 1.54) is 0 Å². The van der Waals surface area contributed by atoms with Crippen LogP contribution in [0.15, 0.2) is 48.5 Å². The molecule has 0 aliphatic carbocycles. The number of carbonyl (C=O) groups excluding carboxylic acids is 3. The van der Waals surface area contributed by atoms with E-state index in [-0.39, 0.29) is 36.5 Å². The number of anilines is 1. The molecule has 1 aliphatic heterocycles. The Morgan fingerprint density at radius 1 is 0.833 bits per heavy atom. The number of nitrogens with zero attached hydrogens (tertiary/aromatic N) is 4. The number of fused-ring (bicyclic) bond motifs is 5. The summed E-state index contributed by atoms with van der Waals surface area (Å²) in [6.45, 7) is 11.9. The van der Waals surface area contributed by atoms with Crippen molar-refractivity contribution in [2.45, 2.75) is 85.4 Å². The lowest BCUT2D eigenvalue weighted by molar-refractivity contribution is -0.125. The first-order valence-corrected chi connectivity index (χ1v) is 17.2. The summed E-state index contributed by atoms with van der Waals surface area (Å²) in [6.07, 6.45) is 2.90. The highest BCUT2D eigenvalue weighted by Gasteiger charge is 2.29. The average Bonchev–Trinajstić information content (AvgIpc) is 3.48. The normalized spacial score (nSPS) is 12.3. The molecule has 11 nitrogen and oxygen atoms in total. The second-order valence-corrected chi connectivity index (χ2v) is 12.7. The Balaban J connectivity index is 1.36. The zero-order chi connectivity index (χ0) is 34.3. The van der Waals surface area contributed by atoms with Gasteiger partial charge in [0.15, 0.2) is 0 Å². The summed E-state index contributed by atoms with van der Waals surface area (Å²) >= 11 is 0. The van der Waals surface area contributed by atoms with Crippen molar-refractivity contribution in [1.29, 1.82) is 0 Å². The first-order chi connectivity index (χ1) is 23.2. The molecule has 0 saturated carbocycles. The fraction of sp³-hybridized carbons (Fsp3) is 0.541. The second kappa shape index (κ2) is 19.2. The van der Waals surface area contributed by atoms with Crippen LogP contribution in [0.4, 0.5) is 5.69 Å². The Labute approximate surface area is 284 Å². The number of hydrogen-bond acceptors (Lipinski definition) is 8. The van der Waals surface area contributed by atoms with E-state index >= 15 is 0 Å². The molecule has 0 radical (unpaired) electrons. The highest BCUT2D eigenvalue weighted by molar-refractivity contribution is 6.01. The molecule has 2 heterocycles. The summed E-state index contributed by atoms with van der Waals surface area (Å²) in [5.74, 6) is 0.328. The topological polar surface area (TPSA) is 125 Å². The van der Waals surface area contributed by atoms with E-state index in [1.807, 2.05) is 67.1 Å². The lowest BCUT2D eigenvalue weighted by atomic mass is 9.95. The van der Waals surface area contributed by atoms with E-state index in [0.29, 0.717) is 77.1 Å². The van der Waals surface area contributed by atoms with Crippen LogP contribution in [0.2, 0.25) is 0 Å². The molecule has 1 N–H and O–H groups in total. The van der Waals surface area contributed by atoms with Crippen LogP contribution >= 0.6 is 0 Å². The maximum absolute atomic E-state index is 13.7. The van der Waals surface area contributed by atoms with Crippen molar-refractivity contribution in [3.8, 4) is 22.5 Å². The predicted octanol–water partition coefficient (Wildman–Crippen LogP) is 5.60. The standard InChI is InChI=1S/C37H51N5O6/c1-27(2)14-15-30(43)18-22-47-23-19-38-34(44)16-17-35(45)41-26-29-10-5-6-11-31(29)37-36(32-12-7-8-13-33(32)41)39-40-42(37)20-9-21-46-24-25-48-28(3)4/h5-8,10-13,27-28H,9,14-26H2,1-4H3,(H,38,44). The molecular weight excluding hydrogens is 610 g/mol. The highest BCUT2D eigenvalue weighted by Crippen LogP contribution is 2.41. The van der Waals surface area contributed by atoms with Gasteiger partial charge in [-0.25, -0.2) is 4.68 Å². The van der Waals surface area contributed by atoms with Gasteiger partial charge in [0, 0.05) is 56.5 Å². The summed E-state index contributed by atoms with van der Waals surface area (Å²) in [4.78, 5) is 40.0. The summed E-state index contributed by atoms with van der Waals surface area (Å²) < 4.78 is 18.8. The van der Waals surface area contributed by atoms with Gasteiger partial charge in [0.1, 0.15) is 11.5 Å². The molecule has 2 aromatic carbocycles. The van der Waals surface area contributed by atoms with Gasteiger partial charge in [-0.2, -0.15) is 0 Å². The minimum absolute atomic E-state index is 0.0509. The molecule has 0 saturated heterocycles. The molecule has 48 heavy (non-hydrogen) atoms. The van der Waals surface area contributed by atoms with Gasteiger partial charge in [-0.05, 0) is 44.2 Å².